The lowest BCUT2D eigenvalue weighted by molar-refractivity contribution is 0.0128. The molecule has 0 N–H and O–H groups in total. The summed E-state index contributed by atoms with van der Waals surface area (Å²) in [4.78, 5) is 29.9. The summed E-state index contributed by atoms with van der Waals surface area (Å²) in [7, 11) is 2.17. The maximum atomic E-state index is 13.4. The predicted molar refractivity (Wildman–Crippen MR) is 130 cm³/mol. The molecule has 1 aromatic heterocycles. The molecule has 0 unspecified atom stereocenters. The number of hydrogen-bond acceptors (Lipinski definition) is 3. The molecule has 3 aromatic rings. The molecule has 1 saturated heterocycles. The Kier molecular flexibility index (Phi) is 5.45. The number of likely N-dealkylation sites (tertiary alicyclic amines) is 1. The van der Waals surface area contributed by atoms with E-state index in [0.717, 1.165) is 48.3 Å². The number of likely N-dealkylation sites (N-methyl/N-ethyl adjacent to an activating group) is 1. The van der Waals surface area contributed by atoms with E-state index in [0.29, 0.717) is 13.1 Å². The van der Waals surface area contributed by atoms with Crippen LogP contribution in [0.25, 0.3) is 11.1 Å². The molecular weight excluding hydrogens is 410 g/mol. The second-order valence-corrected chi connectivity index (χ2v) is 9.45. The van der Waals surface area contributed by atoms with Crippen molar-refractivity contribution in [2.75, 3.05) is 26.7 Å². The van der Waals surface area contributed by atoms with Crippen LogP contribution < -0.4 is 0 Å². The van der Waals surface area contributed by atoms with Crippen LogP contribution in [0.1, 0.15) is 51.9 Å². The smallest absolute Gasteiger partial charge is 0.253 e. The summed E-state index contributed by atoms with van der Waals surface area (Å²) in [5.74, 6) is 0.216. The van der Waals surface area contributed by atoms with Crippen LogP contribution in [0, 0.1) is 6.92 Å². The van der Waals surface area contributed by atoms with E-state index in [1.54, 1.807) is 6.92 Å². The maximum absolute atomic E-state index is 13.4. The first-order valence-corrected chi connectivity index (χ1v) is 11.8. The number of aryl methyl sites for hydroxylation is 1. The van der Waals surface area contributed by atoms with E-state index in [-0.39, 0.29) is 17.2 Å². The van der Waals surface area contributed by atoms with E-state index in [1.807, 2.05) is 41.3 Å². The number of fused-ring (bicyclic) bond motifs is 2. The van der Waals surface area contributed by atoms with E-state index in [4.69, 9.17) is 0 Å². The lowest BCUT2D eigenvalue weighted by atomic mass is 9.81. The highest BCUT2D eigenvalue weighted by molar-refractivity contribution is 5.95. The van der Waals surface area contributed by atoms with Crippen LogP contribution in [0.4, 0.5) is 0 Å². The van der Waals surface area contributed by atoms with Crippen LogP contribution in [0.3, 0.4) is 0 Å². The third-order valence-corrected chi connectivity index (χ3v) is 7.64. The second kappa shape index (κ2) is 8.31. The van der Waals surface area contributed by atoms with Gasteiger partial charge in [0.1, 0.15) is 0 Å². The zero-order valence-electron chi connectivity index (χ0n) is 19.7. The molecule has 0 atom stereocenters. The minimum absolute atomic E-state index is 0.103. The zero-order valence-corrected chi connectivity index (χ0v) is 19.7. The van der Waals surface area contributed by atoms with Gasteiger partial charge < -0.3 is 9.47 Å². The van der Waals surface area contributed by atoms with E-state index in [9.17, 15) is 9.59 Å². The molecule has 1 fully saturated rings. The fraction of sp³-hybridized carbons (Fsp3) is 0.357. The van der Waals surface area contributed by atoms with Gasteiger partial charge in [-0.05, 0) is 67.8 Å². The van der Waals surface area contributed by atoms with Crippen molar-refractivity contribution in [1.82, 2.24) is 14.4 Å². The number of ketones is 1. The summed E-state index contributed by atoms with van der Waals surface area (Å²) < 4.78 is 2.20. The molecule has 5 heteroatoms. The average molecular weight is 442 g/mol. The molecule has 3 heterocycles. The number of nitrogens with zero attached hydrogens (tertiary/aromatic N) is 3. The summed E-state index contributed by atoms with van der Waals surface area (Å²) >= 11 is 0. The number of carbonyl (C=O) groups is 2. The van der Waals surface area contributed by atoms with Crippen molar-refractivity contribution in [2.24, 2.45) is 0 Å². The van der Waals surface area contributed by atoms with Crippen LogP contribution in [-0.4, -0.2) is 52.7 Å². The fourth-order valence-electron chi connectivity index (χ4n) is 5.72. The van der Waals surface area contributed by atoms with E-state index >= 15 is 0 Å². The van der Waals surface area contributed by atoms with Crippen molar-refractivity contribution in [3.63, 3.8) is 0 Å². The summed E-state index contributed by atoms with van der Waals surface area (Å²) in [5, 5.41) is 0. The molecule has 33 heavy (non-hydrogen) atoms. The summed E-state index contributed by atoms with van der Waals surface area (Å²) in [6, 6.07) is 20.4. The van der Waals surface area contributed by atoms with Gasteiger partial charge in [-0.15, -0.1) is 0 Å². The Hall–Kier alpha value is -3.18. The van der Waals surface area contributed by atoms with Crippen LogP contribution in [-0.2, 0) is 12.1 Å². The number of hydrogen-bond donors (Lipinski definition) is 0. The summed E-state index contributed by atoms with van der Waals surface area (Å²) in [5.41, 5.74) is 6.10. The van der Waals surface area contributed by atoms with Crippen molar-refractivity contribution >= 4 is 11.7 Å². The van der Waals surface area contributed by atoms with Crippen molar-refractivity contribution in [1.29, 1.82) is 0 Å². The largest absolute Gasteiger partial charge is 0.339 e. The van der Waals surface area contributed by atoms with Crippen molar-refractivity contribution in [2.45, 2.75) is 38.8 Å². The third kappa shape index (κ3) is 3.61. The van der Waals surface area contributed by atoms with Gasteiger partial charge in [-0.2, -0.15) is 0 Å². The van der Waals surface area contributed by atoms with Gasteiger partial charge in [0.25, 0.3) is 5.91 Å². The number of Topliss-reactive ketones (excluding diaryl/α,β-unsaturated/α-hetero) is 1. The van der Waals surface area contributed by atoms with Gasteiger partial charge in [0.2, 0.25) is 0 Å². The number of aromatic nitrogens is 1. The molecule has 2 aliphatic rings. The van der Waals surface area contributed by atoms with Crippen molar-refractivity contribution < 1.29 is 9.59 Å². The molecule has 170 valence electrons. The molecule has 0 saturated carbocycles. The average Bonchev–Trinajstić information content (AvgIpc) is 3.28. The van der Waals surface area contributed by atoms with E-state index < -0.39 is 0 Å². The van der Waals surface area contributed by atoms with Gasteiger partial charge >= 0.3 is 0 Å². The Balaban J connectivity index is 1.35. The molecule has 5 nitrogen and oxygen atoms in total. The fourth-order valence-corrected chi connectivity index (χ4v) is 5.72. The molecule has 0 bridgehead atoms. The van der Waals surface area contributed by atoms with E-state index in [2.05, 4.69) is 47.7 Å². The van der Waals surface area contributed by atoms with Crippen molar-refractivity contribution in [3.05, 3.63) is 83.2 Å². The Bertz CT molecular complexity index is 1200. The van der Waals surface area contributed by atoms with Gasteiger partial charge in [-0.1, -0.05) is 36.4 Å². The first kappa shape index (κ1) is 21.7. The van der Waals surface area contributed by atoms with Crippen LogP contribution in [0.15, 0.2) is 60.7 Å². The highest BCUT2D eigenvalue weighted by atomic mass is 16.2. The van der Waals surface area contributed by atoms with Gasteiger partial charge in [0.05, 0.1) is 11.2 Å². The first-order valence-electron chi connectivity index (χ1n) is 11.8. The number of carbonyl (C=O) groups excluding carboxylic acids is 2. The molecule has 1 spiro atoms. The Morgan fingerprint density at radius 1 is 0.879 bits per heavy atom. The lowest BCUT2D eigenvalue weighted by Gasteiger charge is -2.50. The number of piperidine rings is 1. The van der Waals surface area contributed by atoms with Gasteiger partial charge in [0.15, 0.2) is 5.78 Å². The first-order chi connectivity index (χ1) is 15.9. The van der Waals surface area contributed by atoms with Crippen LogP contribution in [0.2, 0.25) is 0 Å². The highest BCUT2D eigenvalue weighted by Gasteiger charge is 2.45. The third-order valence-electron chi connectivity index (χ3n) is 7.64. The summed E-state index contributed by atoms with van der Waals surface area (Å²) in [6.07, 6.45) is 1.75. The Labute approximate surface area is 195 Å². The zero-order chi connectivity index (χ0) is 23.2. The monoisotopic (exact) mass is 441 g/mol. The highest BCUT2D eigenvalue weighted by Crippen LogP contribution is 2.41. The Morgan fingerprint density at radius 2 is 1.61 bits per heavy atom. The molecule has 1 amide bonds. The molecule has 0 aliphatic carbocycles. The van der Waals surface area contributed by atoms with Gasteiger partial charge in [-0.3, -0.25) is 14.5 Å². The number of benzene rings is 2. The van der Waals surface area contributed by atoms with Crippen LogP contribution in [0.5, 0.6) is 0 Å². The normalized spacial score (nSPS) is 17.7. The van der Waals surface area contributed by atoms with Gasteiger partial charge in [-0.25, -0.2) is 0 Å². The lowest BCUT2D eigenvalue weighted by Crippen LogP contribution is -2.56. The SMILES string of the molecule is CC(=O)c1ccc2n1CCN(C)C21CCN(C(=O)c2ccc(-c3ccccc3)c(C)c2)CC1. The number of rotatable bonds is 3. The topological polar surface area (TPSA) is 45.6 Å². The van der Waals surface area contributed by atoms with E-state index in [1.165, 1.54) is 11.3 Å². The molecule has 2 aromatic carbocycles. The standard InChI is InChI=1S/C28H31N3O2/c1-20-19-23(9-10-24(20)22-7-5-4-6-8-22)27(33)30-15-13-28(14-16-30)26-12-11-25(21(2)32)31(26)18-17-29(28)3/h4-12,19H,13-18H2,1-3H3. The maximum Gasteiger partial charge on any atom is 0.253 e. The minimum Gasteiger partial charge on any atom is -0.339 e. The minimum atomic E-state index is -0.115. The quantitative estimate of drug-likeness (QED) is 0.552. The number of amides is 1. The second-order valence-electron chi connectivity index (χ2n) is 9.45. The molecule has 2 aliphatic heterocycles. The predicted octanol–water partition coefficient (Wildman–Crippen LogP) is 4.74. The molecular formula is C28H31N3O2. The van der Waals surface area contributed by atoms with Gasteiger partial charge in [0, 0.05) is 44.4 Å². The Morgan fingerprint density at radius 3 is 2.27 bits per heavy atom. The summed E-state index contributed by atoms with van der Waals surface area (Å²) in [6.45, 7) is 6.88. The molecule has 0 radical (unpaired) electrons. The van der Waals surface area contributed by atoms with Crippen LogP contribution >= 0.6 is 0 Å². The molecule has 5 rings (SSSR count). The van der Waals surface area contributed by atoms with Crippen molar-refractivity contribution in [3.8, 4) is 11.1 Å².